The van der Waals surface area contributed by atoms with Crippen molar-refractivity contribution in [2.24, 2.45) is 0 Å². The molecule has 5 nitrogen and oxygen atoms in total. The molecule has 2 heterocycles. The van der Waals surface area contributed by atoms with Gasteiger partial charge < -0.3 is 9.84 Å². The molecule has 0 radical (unpaired) electrons. The molecule has 0 aliphatic heterocycles. The molecule has 0 aliphatic carbocycles. The second kappa shape index (κ2) is 4.81. The molecule has 0 unspecified atom stereocenters. The van der Waals surface area contributed by atoms with E-state index >= 15 is 0 Å². The summed E-state index contributed by atoms with van der Waals surface area (Å²) in [4.78, 5) is 8.18. The van der Waals surface area contributed by atoms with Crippen LogP contribution in [-0.2, 0) is 5.54 Å². The van der Waals surface area contributed by atoms with Crippen molar-refractivity contribution in [1.29, 1.82) is 0 Å². The predicted molar refractivity (Wildman–Crippen MR) is 64.2 cm³/mol. The summed E-state index contributed by atoms with van der Waals surface area (Å²) < 4.78 is 18.0. The van der Waals surface area contributed by atoms with Crippen molar-refractivity contribution in [2.45, 2.75) is 26.3 Å². The summed E-state index contributed by atoms with van der Waals surface area (Å²) >= 11 is 0. The molecule has 0 atom stereocenters. The van der Waals surface area contributed by atoms with Gasteiger partial charge in [0.15, 0.2) is 0 Å². The fourth-order valence-electron chi connectivity index (χ4n) is 1.61. The Bertz CT molecular complexity index is 521. The number of rotatable bonds is 4. The third kappa shape index (κ3) is 2.53. The summed E-state index contributed by atoms with van der Waals surface area (Å²) in [5.74, 6) is 0.442. The van der Waals surface area contributed by atoms with Crippen LogP contribution in [0.5, 0.6) is 0 Å². The molecule has 0 aromatic carbocycles. The Kier molecular flexibility index (Phi) is 3.38. The Labute approximate surface area is 104 Å². The average Bonchev–Trinajstić information content (AvgIpc) is 2.80. The van der Waals surface area contributed by atoms with Crippen LogP contribution in [0.4, 0.5) is 4.39 Å². The number of pyridine rings is 1. The maximum atomic E-state index is 12.8. The first-order valence-corrected chi connectivity index (χ1v) is 5.74. The fourth-order valence-corrected chi connectivity index (χ4v) is 1.61. The number of nitrogens with one attached hydrogen (secondary N) is 1. The van der Waals surface area contributed by atoms with Crippen LogP contribution < -0.4 is 5.32 Å². The monoisotopic (exact) mass is 250 g/mol. The van der Waals surface area contributed by atoms with Gasteiger partial charge in [-0.2, -0.15) is 4.98 Å². The minimum atomic E-state index is -0.403. The van der Waals surface area contributed by atoms with Gasteiger partial charge in [0.1, 0.15) is 11.5 Å². The first kappa shape index (κ1) is 12.6. The zero-order chi connectivity index (χ0) is 13.2. The normalized spacial score (nSPS) is 11.8. The van der Waals surface area contributed by atoms with Crippen molar-refractivity contribution in [3.05, 3.63) is 30.0 Å². The van der Waals surface area contributed by atoms with E-state index in [0.29, 0.717) is 17.4 Å². The summed E-state index contributed by atoms with van der Waals surface area (Å²) in [6.07, 6.45) is 1.13. The Morgan fingerprint density at radius 3 is 2.78 bits per heavy atom. The first-order chi connectivity index (χ1) is 8.53. The highest BCUT2D eigenvalue weighted by molar-refractivity contribution is 5.47. The minimum absolute atomic E-state index is 0.357. The Morgan fingerprint density at radius 1 is 1.39 bits per heavy atom. The van der Waals surface area contributed by atoms with Crippen LogP contribution >= 0.6 is 0 Å². The molecule has 1 N–H and O–H groups in total. The van der Waals surface area contributed by atoms with E-state index < -0.39 is 11.4 Å². The van der Waals surface area contributed by atoms with E-state index in [1.807, 2.05) is 20.8 Å². The summed E-state index contributed by atoms with van der Waals surface area (Å²) in [7, 11) is 0. The van der Waals surface area contributed by atoms with E-state index in [2.05, 4.69) is 20.4 Å². The number of nitrogens with zero attached hydrogens (tertiary/aromatic N) is 3. The zero-order valence-electron chi connectivity index (χ0n) is 10.6. The quantitative estimate of drug-likeness (QED) is 0.900. The number of hydrogen-bond acceptors (Lipinski definition) is 5. The molecule has 2 aromatic rings. The predicted octanol–water partition coefficient (Wildman–Crippen LogP) is 2.12. The molecule has 96 valence electrons. The van der Waals surface area contributed by atoms with E-state index in [9.17, 15) is 4.39 Å². The molecular formula is C12H15FN4O. The lowest BCUT2D eigenvalue weighted by atomic mass is 10.1. The van der Waals surface area contributed by atoms with Crippen molar-refractivity contribution in [3.63, 3.8) is 0 Å². The molecule has 0 amide bonds. The van der Waals surface area contributed by atoms with E-state index in [1.165, 1.54) is 12.1 Å². The molecule has 0 bridgehead atoms. The summed E-state index contributed by atoms with van der Waals surface area (Å²) in [5.41, 5.74) is 0.0822. The Hall–Kier alpha value is -1.82. The standard InChI is InChI=1S/C12H15FN4O/c1-4-15-12(2,3)11-16-10(17-18-11)9-6-5-8(13)7-14-9/h5-7,15H,4H2,1-3H3. The molecule has 2 aromatic heterocycles. The first-order valence-electron chi connectivity index (χ1n) is 5.74. The second-order valence-electron chi connectivity index (χ2n) is 4.44. The van der Waals surface area contributed by atoms with E-state index in [4.69, 9.17) is 4.52 Å². The molecule has 18 heavy (non-hydrogen) atoms. The average molecular weight is 250 g/mol. The van der Waals surface area contributed by atoms with Crippen LogP contribution in [0, 0.1) is 5.82 Å². The SMILES string of the molecule is CCNC(C)(C)c1nc(-c2ccc(F)cn2)no1. The van der Waals surface area contributed by atoms with Crippen LogP contribution in [0.3, 0.4) is 0 Å². The number of aromatic nitrogens is 3. The van der Waals surface area contributed by atoms with Crippen molar-refractivity contribution >= 4 is 0 Å². The largest absolute Gasteiger partial charge is 0.337 e. The van der Waals surface area contributed by atoms with Gasteiger partial charge in [0.25, 0.3) is 0 Å². The molecule has 6 heteroatoms. The topological polar surface area (TPSA) is 63.8 Å². The maximum absolute atomic E-state index is 12.8. The zero-order valence-corrected chi connectivity index (χ0v) is 10.6. The second-order valence-corrected chi connectivity index (χ2v) is 4.44. The van der Waals surface area contributed by atoms with Crippen LogP contribution in [0.2, 0.25) is 0 Å². The molecule has 0 saturated heterocycles. The molecular weight excluding hydrogens is 235 g/mol. The summed E-state index contributed by atoms with van der Waals surface area (Å²) in [6, 6.07) is 2.83. The third-order valence-corrected chi connectivity index (χ3v) is 2.54. The lowest BCUT2D eigenvalue weighted by Crippen LogP contribution is -2.36. The van der Waals surface area contributed by atoms with Gasteiger partial charge in [0.05, 0.1) is 11.7 Å². The molecule has 0 spiro atoms. The van der Waals surface area contributed by atoms with Gasteiger partial charge in [0, 0.05) is 0 Å². The van der Waals surface area contributed by atoms with Gasteiger partial charge in [-0.1, -0.05) is 12.1 Å². The highest BCUT2D eigenvalue weighted by Gasteiger charge is 2.26. The van der Waals surface area contributed by atoms with Gasteiger partial charge in [-0.3, -0.25) is 0 Å². The van der Waals surface area contributed by atoms with Crippen LogP contribution in [0.25, 0.3) is 11.5 Å². The van der Waals surface area contributed by atoms with Gasteiger partial charge >= 0.3 is 0 Å². The molecule has 0 saturated carbocycles. The van der Waals surface area contributed by atoms with Gasteiger partial charge in [-0.05, 0) is 32.5 Å². The summed E-state index contributed by atoms with van der Waals surface area (Å²) in [5, 5.41) is 7.09. The summed E-state index contributed by atoms with van der Waals surface area (Å²) in [6.45, 7) is 6.69. The van der Waals surface area contributed by atoms with Crippen LogP contribution in [0.15, 0.2) is 22.9 Å². The van der Waals surface area contributed by atoms with Crippen molar-refractivity contribution < 1.29 is 8.91 Å². The van der Waals surface area contributed by atoms with Gasteiger partial charge in [-0.15, -0.1) is 0 Å². The lowest BCUT2D eigenvalue weighted by molar-refractivity contribution is 0.272. The minimum Gasteiger partial charge on any atom is -0.337 e. The third-order valence-electron chi connectivity index (χ3n) is 2.54. The number of hydrogen-bond donors (Lipinski definition) is 1. The lowest BCUT2D eigenvalue weighted by Gasteiger charge is -2.20. The fraction of sp³-hybridized carbons (Fsp3) is 0.417. The Balaban J connectivity index is 2.28. The van der Waals surface area contributed by atoms with E-state index in [1.54, 1.807) is 0 Å². The van der Waals surface area contributed by atoms with Crippen LogP contribution in [0.1, 0.15) is 26.7 Å². The van der Waals surface area contributed by atoms with Gasteiger partial charge in [0.2, 0.25) is 11.7 Å². The number of halogens is 1. The molecule has 0 fully saturated rings. The highest BCUT2D eigenvalue weighted by atomic mass is 19.1. The Morgan fingerprint density at radius 2 is 2.17 bits per heavy atom. The molecule has 0 aliphatic rings. The highest BCUT2D eigenvalue weighted by Crippen LogP contribution is 2.21. The molecule has 2 rings (SSSR count). The van der Waals surface area contributed by atoms with Crippen molar-refractivity contribution in [1.82, 2.24) is 20.4 Å². The maximum Gasteiger partial charge on any atom is 0.246 e. The van der Waals surface area contributed by atoms with E-state index in [-0.39, 0.29) is 0 Å². The van der Waals surface area contributed by atoms with Crippen molar-refractivity contribution in [3.8, 4) is 11.5 Å². The van der Waals surface area contributed by atoms with Crippen molar-refractivity contribution in [2.75, 3.05) is 6.54 Å². The smallest absolute Gasteiger partial charge is 0.246 e. The van der Waals surface area contributed by atoms with Gasteiger partial charge in [-0.25, -0.2) is 9.37 Å². The van der Waals surface area contributed by atoms with Crippen LogP contribution in [-0.4, -0.2) is 21.7 Å². The van der Waals surface area contributed by atoms with E-state index in [0.717, 1.165) is 12.7 Å².